The lowest BCUT2D eigenvalue weighted by molar-refractivity contribution is 0.222. The zero-order valence-corrected chi connectivity index (χ0v) is 23.7. The first-order valence-corrected chi connectivity index (χ1v) is 13.5. The minimum Gasteiger partial charge on any atom is -0.493 e. The number of methoxy groups -OCH3 is 1. The van der Waals surface area contributed by atoms with Gasteiger partial charge in [0.2, 0.25) is 0 Å². The molecule has 0 bridgehead atoms. The molecule has 0 atom stereocenters. The number of hydrogen-bond donors (Lipinski definition) is 1. The van der Waals surface area contributed by atoms with E-state index in [4.69, 9.17) is 37.7 Å². The largest absolute Gasteiger partial charge is 0.493 e. The molecule has 0 spiro atoms. The van der Waals surface area contributed by atoms with E-state index in [-0.39, 0.29) is 12.4 Å². The van der Waals surface area contributed by atoms with E-state index in [1.807, 2.05) is 18.2 Å². The molecule has 0 aliphatic carbocycles. The number of fused-ring (bicyclic) bond motifs is 1. The summed E-state index contributed by atoms with van der Waals surface area (Å²) >= 11 is 13.9. The van der Waals surface area contributed by atoms with Crippen molar-refractivity contribution in [3.63, 3.8) is 0 Å². The first-order chi connectivity index (χ1) is 17.5. The molecular formula is C26H28Cl3N5O2S. The van der Waals surface area contributed by atoms with Crippen LogP contribution in [0.2, 0.25) is 10.0 Å². The van der Waals surface area contributed by atoms with Gasteiger partial charge in [-0.3, -0.25) is 0 Å². The van der Waals surface area contributed by atoms with Crippen molar-refractivity contribution in [1.29, 1.82) is 0 Å². The third-order valence-electron chi connectivity index (χ3n) is 6.43. The number of piperidine rings is 1. The van der Waals surface area contributed by atoms with Crippen LogP contribution in [0.5, 0.6) is 11.5 Å². The number of benzene rings is 2. The van der Waals surface area contributed by atoms with E-state index < -0.39 is 0 Å². The van der Waals surface area contributed by atoms with E-state index in [1.54, 1.807) is 30.6 Å². The predicted molar refractivity (Wildman–Crippen MR) is 154 cm³/mol. The standard InChI is InChI=1S/C26H27Cl2N5O2S.ClH/c1-3-33-8-6-16(7-9-33)26-32-18(14-36-26)13-35-24-12-22-19(11-23(24)34-2)25(30-15-29-22)31-17-4-5-20(27)21(28)10-17;/h4-5,10-12,14-16H,3,6-9,13H2,1-2H3,(H,29,30,31);1H. The molecule has 1 fully saturated rings. The highest BCUT2D eigenvalue weighted by Gasteiger charge is 2.22. The number of nitrogens with one attached hydrogen (secondary N) is 1. The lowest BCUT2D eigenvalue weighted by Gasteiger charge is -2.29. The predicted octanol–water partition coefficient (Wildman–Crippen LogP) is 7.35. The van der Waals surface area contributed by atoms with Crippen LogP contribution in [0.4, 0.5) is 11.5 Å². The summed E-state index contributed by atoms with van der Waals surface area (Å²) < 4.78 is 11.8. The van der Waals surface area contributed by atoms with Gasteiger partial charge in [0, 0.05) is 28.4 Å². The van der Waals surface area contributed by atoms with Gasteiger partial charge in [0.05, 0.1) is 33.4 Å². The van der Waals surface area contributed by atoms with Crippen LogP contribution in [0.15, 0.2) is 42.0 Å². The summed E-state index contributed by atoms with van der Waals surface area (Å²) in [5.41, 5.74) is 2.42. The molecule has 5 rings (SSSR count). The van der Waals surface area contributed by atoms with Crippen LogP contribution in [-0.2, 0) is 6.61 Å². The molecular weight excluding hydrogens is 553 g/mol. The van der Waals surface area contributed by atoms with E-state index in [1.165, 1.54) is 24.2 Å². The quantitative estimate of drug-likeness (QED) is 0.234. The minimum atomic E-state index is 0. The number of nitrogens with zero attached hydrogens (tertiary/aromatic N) is 4. The molecule has 1 N–H and O–H groups in total. The molecule has 0 saturated carbocycles. The Hall–Kier alpha value is -2.36. The molecule has 11 heteroatoms. The number of likely N-dealkylation sites (tertiary alicyclic amines) is 1. The third kappa shape index (κ3) is 6.38. The maximum absolute atomic E-state index is 6.16. The Bertz CT molecular complexity index is 1360. The first-order valence-electron chi connectivity index (χ1n) is 11.9. The maximum atomic E-state index is 6.16. The summed E-state index contributed by atoms with van der Waals surface area (Å²) in [6.07, 6.45) is 3.84. The van der Waals surface area contributed by atoms with Crippen LogP contribution >= 0.6 is 46.9 Å². The van der Waals surface area contributed by atoms with Gasteiger partial charge >= 0.3 is 0 Å². The molecule has 3 heterocycles. The highest BCUT2D eigenvalue weighted by atomic mass is 35.5. The van der Waals surface area contributed by atoms with E-state index in [0.717, 1.165) is 41.9 Å². The smallest absolute Gasteiger partial charge is 0.163 e. The summed E-state index contributed by atoms with van der Waals surface area (Å²) in [4.78, 5) is 16.2. The number of thiazole rings is 1. The molecule has 7 nitrogen and oxygen atoms in total. The normalized spacial score (nSPS) is 14.4. The number of halogens is 3. The van der Waals surface area contributed by atoms with Crippen LogP contribution in [0, 0.1) is 0 Å². The topological polar surface area (TPSA) is 72.4 Å². The van der Waals surface area contributed by atoms with Crippen molar-refractivity contribution in [3.8, 4) is 11.5 Å². The van der Waals surface area contributed by atoms with E-state index >= 15 is 0 Å². The number of rotatable bonds is 8. The van der Waals surface area contributed by atoms with Gasteiger partial charge in [-0.25, -0.2) is 15.0 Å². The first kappa shape index (κ1) is 27.7. The Morgan fingerprint density at radius 1 is 1.08 bits per heavy atom. The highest BCUT2D eigenvalue weighted by Crippen LogP contribution is 2.36. The molecule has 0 radical (unpaired) electrons. The Labute approximate surface area is 236 Å². The van der Waals surface area contributed by atoms with Gasteiger partial charge in [0.15, 0.2) is 11.5 Å². The number of anilines is 2. The Morgan fingerprint density at radius 3 is 2.62 bits per heavy atom. The number of ether oxygens (including phenoxy) is 2. The van der Waals surface area contributed by atoms with Gasteiger partial charge in [-0.1, -0.05) is 30.1 Å². The van der Waals surface area contributed by atoms with Crippen LogP contribution < -0.4 is 14.8 Å². The molecule has 37 heavy (non-hydrogen) atoms. The maximum Gasteiger partial charge on any atom is 0.163 e. The number of aromatic nitrogens is 3. The molecule has 1 saturated heterocycles. The highest BCUT2D eigenvalue weighted by molar-refractivity contribution is 7.09. The summed E-state index contributed by atoms with van der Waals surface area (Å²) in [7, 11) is 1.62. The van der Waals surface area contributed by atoms with Crippen LogP contribution in [0.25, 0.3) is 10.9 Å². The zero-order valence-electron chi connectivity index (χ0n) is 20.5. The van der Waals surface area contributed by atoms with Gasteiger partial charge in [0.25, 0.3) is 0 Å². The lowest BCUT2D eigenvalue weighted by atomic mass is 9.98. The fourth-order valence-electron chi connectivity index (χ4n) is 4.37. The Kier molecular flexibility index (Phi) is 9.31. The average molecular weight is 581 g/mol. The second kappa shape index (κ2) is 12.5. The van der Waals surface area contributed by atoms with E-state index in [0.29, 0.717) is 39.9 Å². The summed E-state index contributed by atoms with van der Waals surface area (Å²) in [5, 5.41) is 8.33. The molecule has 1 aliphatic rings. The van der Waals surface area contributed by atoms with Crippen LogP contribution in [0.1, 0.15) is 36.4 Å². The van der Waals surface area contributed by atoms with Gasteiger partial charge in [-0.15, -0.1) is 23.7 Å². The number of hydrogen-bond acceptors (Lipinski definition) is 8. The van der Waals surface area contributed by atoms with Crippen molar-refractivity contribution in [2.45, 2.75) is 32.3 Å². The molecule has 1 aliphatic heterocycles. The molecule has 4 aromatic rings. The summed E-state index contributed by atoms with van der Waals surface area (Å²) in [5.74, 6) is 2.37. The molecule has 2 aromatic carbocycles. The molecule has 0 amide bonds. The van der Waals surface area contributed by atoms with Crippen molar-refractivity contribution in [1.82, 2.24) is 19.9 Å². The van der Waals surface area contributed by atoms with Gasteiger partial charge < -0.3 is 19.7 Å². The average Bonchev–Trinajstić information content (AvgIpc) is 3.38. The second-order valence-corrected chi connectivity index (χ2v) is 10.4. The fourth-order valence-corrected chi connectivity index (χ4v) is 5.64. The molecule has 0 unspecified atom stereocenters. The lowest BCUT2D eigenvalue weighted by Crippen LogP contribution is -2.32. The SMILES string of the molecule is CCN1CCC(c2nc(COc3cc4ncnc(Nc5ccc(Cl)c(Cl)c5)c4cc3OC)cs2)CC1.Cl. The van der Waals surface area contributed by atoms with Gasteiger partial charge in [-0.05, 0) is 56.7 Å². The Balaban J connectivity index is 0.00000320. The molecule has 2 aromatic heterocycles. The van der Waals surface area contributed by atoms with Gasteiger partial charge in [-0.2, -0.15) is 0 Å². The second-order valence-electron chi connectivity index (χ2n) is 8.67. The van der Waals surface area contributed by atoms with Crippen molar-refractivity contribution >= 4 is 69.4 Å². The zero-order chi connectivity index (χ0) is 25.1. The van der Waals surface area contributed by atoms with Crippen molar-refractivity contribution < 1.29 is 9.47 Å². The summed E-state index contributed by atoms with van der Waals surface area (Å²) in [6.45, 7) is 6.00. The van der Waals surface area contributed by atoms with Crippen LogP contribution in [-0.4, -0.2) is 46.6 Å². The van der Waals surface area contributed by atoms with E-state index in [9.17, 15) is 0 Å². The van der Waals surface area contributed by atoms with Crippen molar-refractivity contribution in [2.24, 2.45) is 0 Å². The Morgan fingerprint density at radius 2 is 1.89 bits per heavy atom. The van der Waals surface area contributed by atoms with Crippen LogP contribution in [0.3, 0.4) is 0 Å². The van der Waals surface area contributed by atoms with E-state index in [2.05, 4.69) is 32.5 Å². The molecule has 196 valence electrons. The third-order valence-corrected chi connectivity index (χ3v) is 8.23. The fraction of sp³-hybridized carbons (Fsp3) is 0.346. The van der Waals surface area contributed by atoms with Gasteiger partial charge in [0.1, 0.15) is 18.8 Å². The minimum absolute atomic E-state index is 0. The van der Waals surface area contributed by atoms with Crippen molar-refractivity contribution in [2.75, 3.05) is 32.1 Å². The van der Waals surface area contributed by atoms with Crippen molar-refractivity contribution in [3.05, 3.63) is 62.8 Å². The monoisotopic (exact) mass is 579 g/mol. The summed E-state index contributed by atoms with van der Waals surface area (Å²) in [6, 6.07) is 9.07.